The molecule has 26 heavy (non-hydrogen) atoms. The Morgan fingerprint density at radius 2 is 1.77 bits per heavy atom. The van der Waals surface area contributed by atoms with Crippen molar-refractivity contribution in [1.29, 1.82) is 0 Å². The molecular formula is C19H21ClFN3OS. The second-order valence-electron chi connectivity index (χ2n) is 6.06. The number of thiocarbonyl (C=S) groups is 1. The number of ether oxygens (including phenoxy) is 1. The molecule has 7 heteroatoms. The molecule has 1 saturated heterocycles. The number of nitrogens with zero attached hydrogens (tertiary/aromatic N) is 1. The van der Waals surface area contributed by atoms with Gasteiger partial charge in [0.1, 0.15) is 5.82 Å². The first kappa shape index (κ1) is 19.0. The van der Waals surface area contributed by atoms with Crippen LogP contribution in [0.5, 0.6) is 0 Å². The van der Waals surface area contributed by atoms with Crippen molar-refractivity contribution in [3.8, 4) is 0 Å². The van der Waals surface area contributed by atoms with Gasteiger partial charge in [-0.05, 0) is 54.2 Å². The van der Waals surface area contributed by atoms with Crippen molar-refractivity contribution >= 4 is 34.6 Å². The molecule has 0 saturated carbocycles. The molecule has 0 spiro atoms. The molecule has 1 heterocycles. The lowest BCUT2D eigenvalue weighted by Crippen LogP contribution is -2.44. The third kappa shape index (κ3) is 5.38. The first-order chi connectivity index (χ1) is 12.6. The van der Waals surface area contributed by atoms with Crippen molar-refractivity contribution in [3.63, 3.8) is 0 Å². The Kier molecular flexibility index (Phi) is 6.80. The van der Waals surface area contributed by atoms with E-state index in [1.165, 1.54) is 12.1 Å². The third-order valence-corrected chi connectivity index (χ3v) is 4.80. The molecule has 3 rings (SSSR count). The van der Waals surface area contributed by atoms with Crippen LogP contribution in [-0.4, -0.2) is 42.9 Å². The van der Waals surface area contributed by atoms with Gasteiger partial charge in [0.2, 0.25) is 0 Å². The molecule has 4 nitrogen and oxygen atoms in total. The van der Waals surface area contributed by atoms with Gasteiger partial charge in [0.25, 0.3) is 0 Å². The molecule has 2 N–H and O–H groups in total. The van der Waals surface area contributed by atoms with Crippen molar-refractivity contribution in [2.24, 2.45) is 0 Å². The van der Waals surface area contributed by atoms with Crippen molar-refractivity contribution in [2.45, 2.75) is 6.04 Å². The van der Waals surface area contributed by atoms with Gasteiger partial charge in [0.05, 0.1) is 19.3 Å². The van der Waals surface area contributed by atoms with Crippen molar-refractivity contribution in [1.82, 2.24) is 10.2 Å². The highest BCUT2D eigenvalue weighted by Gasteiger charge is 2.22. The summed E-state index contributed by atoms with van der Waals surface area (Å²) in [6.07, 6.45) is 0. The van der Waals surface area contributed by atoms with Crippen molar-refractivity contribution < 1.29 is 9.13 Å². The van der Waals surface area contributed by atoms with Crippen LogP contribution in [0.2, 0.25) is 5.02 Å². The Morgan fingerprint density at radius 3 is 2.42 bits per heavy atom. The minimum Gasteiger partial charge on any atom is -0.379 e. The lowest BCUT2D eigenvalue weighted by atomic mass is 10.0. The van der Waals surface area contributed by atoms with Gasteiger partial charge >= 0.3 is 0 Å². The molecule has 0 radical (unpaired) electrons. The van der Waals surface area contributed by atoms with Crippen LogP contribution in [0.25, 0.3) is 0 Å². The van der Waals surface area contributed by atoms with E-state index in [2.05, 4.69) is 15.5 Å². The van der Waals surface area contributed by atoms with Gasteiger partial charge in [0.15, 0.2) is 5.11 Å². The van der Waals surface area contributed by atoms with E-state index in [0.29, 0.717) is 29.9 Å². The number of morpholine rings is 1. The number of benzene rings is 2. The van der Waals surface area contributed by atoms with E-state index in [-0.39, 0.29) is 11.9 Å². The summed E-state index contributed by atoms with van der Waals surface area (Å²) in [6, 6.07) is 14.1. The maximum atomic E-state index is 13.3. The zero-order valence-electron chi connectivity index (χ0n) is 14.3. The van der Waals surface area contributed by atoms with E-state index in [0.717, 1.165) is 24.3 Å². The summed E-state index contributed by atoms with van der Waals surface area (Å²) >= 11 is 11.3. The number of hydrogen-bond donors (Lipinski definition) is 2. The maximum Gasteiger partial charge on any atom is 0.170 e. The number of halogens is 2. The molecule has 2 aromatic carbocycles. The number of anilines is 1. The Hall–Kier alpha value is -1.73. The second kappa shape index (κ2) is 9.28. The van der Waals surface area contributed by atoms with Crippen LogP contribution in [0.1, 0.15) is 11.6 Å². The van der Waals surface area contributed by atoms with E-state index >= 15 is 0 Å². The molecule has 1 aliphatic heterocycles. The number of hydrogen-bond acceptors (Lipinski definition) is 3. The minimum absolute atomic E-state index is 0.0875. The average molecular weight is 394 g/mol. The molecular weight excluding hydrogens is 373 g/mol. The van der Waals surface area contributed by atoms with Gasteiger partial charge in [0, 0.05) is 30.3 Å². The predicted octanol–water partition coefficient (Wildman–Crippen LogP) is 3.84. The lowest BCUT2D eigenvalue weighted by molar-refractivity contribution is 0.0170. The Morgan fingerprint density at radius 1 is 1.12 bits per heavy atom. The summed E-state index contributed by atoms with van der Waals surface area (Å²) in [4.78, 5) is 2.33. The van der Waals surface area contributed by atoms with E-state index in [1.54, 1.807) is 0 Å². The van der Waals surface area contributed by atoms with E-state index in [9.17, 15) is 4.39 Å². The van der Waals surface area contributed by atoms with E-state index in [4.69, 9.17) is 28.6 Å². The third-order valence-electron chi connectivity index (χ3n) is 4.30. The Balaban J connectivity index is 1.64. The van der Waals surface area contributed by atoms with Crippen molar-refractivity contribution in [2.75, 3.05) is 38.2 Å². The first-order valence-electron chi connectivity index (χ1n) is 8.49. The summed E-state index contributed by atoms with van der Waals surface area (Å²) in [5.41, 5.74) is 1.92. The molecule has 0 amide bonds. The molecule has 0 aliphatic carbocycles. The highest BCUT2D eigenvalue weighted by atomic mass is 35.5. The van der Waals surface area contributed by atoms with Crippen LogP contribution in [0, 0.1) is 5.82 Å². The van der Waals surface area contributed by atoms with Gasteiger partial charge in [-0.1, -0.05) is 23.7 Å². The van der Waals surface area contributed by atoms with E-state index < -0.39 is 0 Å². The second-order valence-corrected chi connectivity index (χ2v) is 6.90. The summed E-state index contributed by atoms with van der Waals surface area (Å²) in [5.74, 6) is -0.234. The number of rotatable bonds is 5. The predicted molar refractivity (Wildman–Crippen MR) is 107 cm³/mol. The molecule has 1 aliphatic rings. The van der Waals surface area contributed by atoms with E-state index in [1.807, 2.05) is 36.4 Å². The zero-order chi connectivity index (χ0) is 18.4. The van der Waals surface area contributed by atoms with Gasteiger partial charge in [-0.15, -0.1) is 0 Å². The fraction of sp³-hybridized carbons (Fsp3) is 0.316. The van der Waals surface area contributed by atoms with Gasteiger partial charge < -0.3 is 15.4 Å². The fourth-order valence-electron chi connectivity index (χ4n) is 2.93. The smallest absolute Gasteiger partial charge is 0.170 e. The van der Waals surface area contributed by atoms with Crippen LogP contribution in [-0.2, 0) is 4.74 Å². The largest absolute Gasteiger partial charge is 0.379 e. The van der Waals surface area contributed by atoms with Crippen LogP contribution < -0.4 is 10.6 Å². The lowest BCUT2D eigenvalue weighted by Gasteiger charge is -2.35. The topological polar surface area (TPSA) is 36.5 Å². The maximum absolute atomic E-state index is 13.3. The Labute approximate surface area is 163 Å². The van der Waals surface area contributed by atoms with Crippen molar-refractivity contribution in [3.05, 3.63) is 64.9 Å². The van der Waals surface area contributed by atoms with Crippen LogP contribution in [0.4, 0.5) is 10.1 Å². The normalized spacial score (nSPS) is 16.1. The average Bonchev–Trinajstić information content (AvgIpc) is 2.66. The van der Waals surface area contributed by atoms with Gasteiger partial charge in [-0.2, -0.15) is 0 Å². The van der Waals surface area contributed by atoms with Gasteiger partial charge in [-0.3, -0.25) is 4.90 Å². The van der Waals surface area contributed by atoms with Gasteiger partial charge in [-0.25, -0.2) is 4.39 Å². The summed E-state index contributed by atoms with van der Waals surface area (Å²) < 4.78 is 18.7. The molecule has 2 aromatic rings. The summed E-state index contributed by atoms with van der Waals surface area (Å²) in [7, 11) is 0. The monoisotopic (exact) mass is 393 g/mol. The fourth-order valence-corrected chi connectivity index (χ4v) is 3.26. The summed E-state index contributed by atoms with van der Waals surface area (Å²) in [6.45, 7) is 3.68. The van der Waals surface area contributed by atoms with Crippen LogP contribution in [0.3, 0.4) is 0 Å². The summed E-state index contributed by atoms with van der Waals surface area (Å²) in [5, 5.41) is 7.63. The Bertz CT molecular complexity index is 721. The first-order valence-corrected chi connectivity index (χ1v) is 9.28. The molecule has 0 bridgehead atoms. The zero-order valence-corrected chi connectivity index (χ0v) is 15.8. The highest BCUT2D eigenvalue weighted by Crippen LogP contribution is 2.22. The molecule has 1 atom stereocenters. The number of nitrogens with one attached hydrogen (secondary N) is 2. The minimum atomic E-state index is -0.234. The highest BCUT2D eigenvalue weighted by molar-refractivity contribution is 7.80. The standard InChI is InChI=1S/C19H21ClFN3OS/c20-15-3-7-17(8-4-15)23-19(26)22-13-18(24-9-11-25-12-10-24)14-1-5-16(21)6-2-14/h1-8,18H,9-13H2,(H2,22,23,26)/t18-/m1/s1. The van der Waals surface area contributed by atoms with Crippen LogP contribution in [0.15, 0.2) is 48.5 Å². The molecule has 0 unspecified atom stereocenters. The van der Waals surface area contributed by atoms with Crippen LogP contribution >= 0.6 is 23.8 Å². The quantitative estimate of drug-likeness (QED) is 0.755. The molecule has 0 aromatic heterocycles. The molecule has 1 fully saturated rings. The SMILES string of the molecule is Fc1ccc([C@@H](CNC(=S)Nc2ccc(Cl)cc2)N2CCOCC2)cc1. The molecule has 138 valence electrons.